The first-order valence-electron chi connectivity index (χ1n) is 7.24. The summed E-state index contributed by atoms with van der Waals surface area (Å²) in [6.45, 7) is 5.88. The van der Waals surface area contributed by atoms with Gasteiger partial charge in [-0.1, -0.05) is 24.3 Å². The van der Waals surface area contributed by atoms with Gasteiger partial charge in [0.1, 0.15) is 0 Å². The Kier molecular flexibility index (Phi) is 3.12. The minimum Gasteiger partial charge on any atom is -0.368 e. The van der Waals surface area contributed by atoms with E-state index in [4.69, 9.17) is 0 Å². The van der Waals surface area contributed by atoms with Gasteiger partial charge in [-0.3, -0.25) is 0 Å². The van der Waals surface area contributed by atoms with E-state index < -0.39 is 6.17 Å². The number of nitrogens with zero attached hydrogens (tertiary/aromatic N) is 1. The molecule has 0 aromatic heterocycles. The molecular weight excluding hydrogens is 237 g/mol. The Morgan fingerprint density at radius 1 is 1.47 bits per heavy atom. The van der Waals surface area contributed by atoms with Crippen LogP contribution in [0.25, 0.3) is 0 Å². The fourth-order valence-electron chi connectivity index (χ4n) is 3.74. The molecule has 1 aliphatic heterocycles. The van der Waals surface area contributed by atoms with Gasteiger partial charge < -0.3 is 4.90 Å². The summed E-state index contributed by atoms with van der Waals surface area (Å²) in [4.78, 5) is 2.36. The molecule has 2 heteroatoms. The third-order valence-electron chi connectivity index (χ3n) is 4.73. The molecule has 3 atom stereocenters. The highest BCUT2D eigenvalue weighted by Crippen LogP contribution is 2.50. The molecule has 0 radical (unpaired) electrons. The molecular formula is C17H22FN. The zero-order chi connectivity index (χ0) is 13.6. The van der Waals surface area contributed by atoms with Crippen molar-refractivity contribution in [3.05, 3.63) is 41.5 Å². The van der Waals surface area contributed by atoms with Crippen molar-refractivity contribution in [2.45, 2.75) is 50.7 Å². The van der Waals surface area contributed by atoms with Crippen LogP contribution >= 0.6 is 0 Å². The number of rotatable bonds is 3. The Hall–Kier alpha value is -1.31. The van der Waals surface area contributed by atoms with Crippen LogP contribution in [0, 0.1) is 0 Å². The second-order valence-electron chi connectivity index (χ2n) is 6.09. The predicted octanol–water partition coefficient (Wildman–Crippen LogP) is 4.23. The molecule has 1 aliphatic carbocycles. The van der Waals surface area contributed by atoms with Crippen LogP contribution in [-0.4, -0.2) is 19.3 Å². The maximum absolute atomic E-state index is 13.1. The largest absolute Gasteiger partial charge is 0.368 e. The number of likely N-dealkylation sites (N-methyl/N-ethyl adjacent to an activating group) is 1. The summed E-state index contributed by atoms with van der Waals surface area (Å²) >= 11 is 0. The smallest absolute Gasteiger partial charge is 0.0976 e. The van der Waals surface area contributed by atoms with Crippen molar-refractivity contribution < 1.29 is 4.39 Å². The Labute approximate surface area is 115 Å². The highest BCUT2D eigenvalue weighted by atomic mass is 19.1. The third-order valence-corrected chi connectivity index (χ3v) is 4.73. The lowest BCUT2D eigenvalue weighted by Crippen LogP contribution is -2.34. The third kappa shape index (κ3) is 2.07. The van der Waals surface area contributed by atoms with Crippen molar-refractivity contribution in [3.8, 4) is 0 Å². The van der Waals surface area contributed by atoms with Crippen molar-refractivity contribution >= 4 is 5.69 Å². The van der Waals surface area contributed by atoms with E-state index in [2.05, 4.69) is 36.7 Å². The second kappa shape index (κ2) is 4.66. The van der Waals surface area contributed by atoms with Gasteiger partial charge in [0.25, 0.3) is 0 Å². The van der Waals surface area contributed by atoms with Crippen LogP contribution in [0.5, 0.6) is 0 Å². The Morgan fingerprint density at radius 3 is 3.00 bits per heavy atom. The van der Waals surface area contributed by atoms with Crippen molar-refractivity contribution in [1.82, 2.24) is 0 Å². The normalized spacial score (nSPS) is 26.5. The van der Waals surface area contributed by atoms with Crippen molar-refractivity contribution in [2.24, 2.45) is 0 Å². The Bertz CT molecular complexity index is 506. The lowest BCUT2D eigenvalue weighted by atomic mass is 9.86. The minimum absolute atomic E-state index is 0.507. The van der Waals surface area contributed by atoms with E-state index in [1.54, 1.807) is 6.92 Å². The van der Waals surface area contributed by atoms with Crippen LogP contribution in [0.3, 0.4) is 0 Å². The summed E-state index contributed by atoms with van der Waals surface area (Å²) in [5.74, 6) is 0.606. The zero-order valence-electron chi connectivity index (χ0n) is 11.8. The summed E-state index contributed by atoms with van der Waals surface area (Å²) < 4.78 is 13.1. The molecule has 1 nitrogen and oxygen atoms in total. The molecule has 2 aliphatic rings. The summed E-state index contributed by atoms with van der Waals surface area (Å²) in [6, 6.07) is 7.00. The van der Waals surface area contributed by atoms with Crippen LogP contribution in [-0.2, 0) is 6.42 Å². The van der Waals surface area contributed by atoms with Crippen LogP contribution in [0.15, 0.2) is 30.4 Å². The second-order valence-corrected chi connectivity index (χ2v) is 6.09. The summed E-state index contributed by atoms with van der Waals surface area (Å²) in [7, 11) is 2.16. The monoisotopic (exact) mass is 259 g/mol. The highest BCUT2D eigenvalue weighted by molar-refractivity contribution is 5.64. The van der Waals surface area contributed by atoms with Gasteiger partial charge in [0, 0.05) is 12.7 Å². The minimum atomic E-state index is -0.719. The van der Waals surface area contributed by atoms with E-state index in [0.29, 0.717) is 18.4 Å². The quantitative estimate of drug-likeness (QED) is 0.734. The lowest BCUT2D eigenvalue weighted by molar-refractivity contribution is 0.341. The van der Waals surface area contributed by atoms with Gasteiger partial charge in [-0.2, -0.15) is 0 Å². The number of hydrogen-bond acceptors (Lipinski definition) is 1. The molecule has 2 bridgehead atoms. The molecule has 0 N–H and O–H groups in total. The van der Waals surface area contributed by atoms with Crippen LogP contribution < -0.4 is 4.90 Å². The van der Waals surface area contributed by atoms with E-state index >= 15 is 0 Å². The number of benzene rings is 1. The first-order valence-corrected chi connectivity index (χ1v) is 7.24. The maximum Gasteiger partial charge on any atom is 0.0976 e. The maximum atomic E-state index is 13.1. The topological polar surface area (TPSA) is 3.24 Å². The standard InChI is InChI=1S/C17H22FN/c1-11-9-14-10-16(11)19(3)15-6-4-5-13(17(14)15)8-7-12(2)18/h4-6,12,14,16H,1,7-10H2,2-3H3. The zero-order valence-corrected chi connectivity index (χ0v) is 11.8. The molecule has 1 heterocycles. The van der Waals surface area contributed by atoms with Gasteiger partial charge in [-0.15, -0.1) is 0 Å². The fourth-order valence-corrected chi connectivity index (χ4v) is 3.74. The summed E-state index contributed by atoms with van der Waals surface area (Å²) in [5, 5.41) is 0. The molecule has 1 aromatic carbocycles. The number of fused-ring (bicyclic) bond motifs is 4. The molecule has 3 rings (SSSR count). The molecule has 0 saturated heterocycles. The average Bonchev–Trinajstić information content (AvgIpc) is 2.72. The highest BCUT2D eigenvalue weighted by Gasteiger charge is 2.39. The predicted molar refractivity (Wildman–Crippen MR) is 78.6 cm³/mol. The molecule has 3 unspecified atom stereocenters. The molecule has 0 spiro atoms. The number of aryl methyl sites for hydroxylation is 1. The Morgan fingerprint density at radius 2 is 2.26 bits per heavy atom. The van der Waals surface area contributed by atoms with Gasteiger partial charge in [-0.25, -0.2) is 4.39 Å². The van der Waals surface area contributed by atoms with Crippen LogP contribution in [0.1, 0.15) is 43.2 Å². The molecule has 102 valence electrons. The van der Waals surface area contributed by atoms with Crippen LogP contribution in [0.2, 0.25) is 0 Å². The van der Waals surface area contributed by atoms with Crippen LogP contribution in [0.4, 0.5) is 10.1 Å². The number of anilines is 1. The van der Waals surface area contributed by atoms with Crippen molar-refractivity contribution in [3.63, 3.8) is 0 Å². The number of hydrogen-bond donors (Lipinski definition) is 0. The number of halogens is 1. The average molecular weight is 259 g/mol. The fraction of sp³-hybridized carbons (Fsp3) is 0.529. The van der Waals surface area contributed by atoms with Gasteiger partial charge in [0.15, 0.2) is 0 Å². The van der Waals surface area contributed by atoms with Gasteiger partial charge in [0.05, 0.1) is 12.2 Å². The van der Waals surface area contributed by atoms with Crippen molar-refractivity contribution in [1.29, 1.82) is 0 Å². The van der Waals surface area contributed by atoms with Gasteiger partial charge in [0.2, 0.25) is 0 Å². The van der Waals surface area contributed by atoms with Gasteiger partial charge in [-0.05, 0) is 55.7 Å². The van der Waals surface area contributed by atoms with Crippen molar-refractivity contribution in [2.75, 3.05) is 11.9 Å². The molecule has 1 saturated carbocycles. The first-order chi connectivity index (χ1) is 9.08. The molecule has 1 aromatic rings. The van der Waals surface area contributed by atoms with Gasteiger partial charge >= 0.3 is 0 Å². The summed E-state index contributed by atoms with van der Waals surface area (Å²) in [6.07, 6.45) is 3.04. The summed E-state index contributed by atoms with van der Waals surface area (Å²) in [5.41, 5.74) is 5.49. The molecule has 0 amide bonds. The SMILES string of the molecule is C=C1CC2CC1N(C)c1cccc(CCC(C)F)c12. The lowest BCUT2D eigenvalue weighted by Gasteiger charge is -2.35. The van der Waals surface area contributed by atoms with E-state index in [-0.39, 0.29) is 0 Å². The Balaban J connectivity index is 1.98. The van der Waals surface area contributed by atoms with E-state index in [9.17, 15) is 4.39 Å². The van der Waals surface area contributed by atoms with E-state index in [1.165, 1.54) is 28.8 Å². The number of alkyl halides is 1. The molecule has 19 heavy (non-hydrogen) atoms. The molecule has 1 fully saturated rings. The van der Waals surface area contributed by atoms with E-state index in [1.807, 2.05) is 0 Å². The van der Waals surface area contributed by atoms with E-state index in [0.717, 1.165) is 12.8 Å². The first kappa shape index (κ1) is 12.7.